The molecule has 3 heteroatoms. The summed E-state index contributed by atoms with van der Waals surface area (Å²) < 4.78 is 0. The highest BCUT2D eigenvalue weighted by molar-refractivity contribution is 5.83. The summed E-state index contributed by atoms with van der Waals surface area (Å²) in [5.41, 5.74) is 3.81. The largest absolute Gasteiger partial charge is 0.337 e. The van der Waals surface area contributed by atoms with E-state index in [0.717, 1.165) is 32.5 Å². The first-order chi connectivity index (χ1) is 11.7. The monoisotopic (exact) mass is 320 g/mol. The Hall–Kier alpha value is -2.13. The molecule has 124 valence electrons. The highest BCUT2D eigenvalue weighted by Crippen LogP contribution is 2.29. The number of nitrogens with zero attached hydrogens (tertiary/aromatic N) is 2. The first kappa shape index (κ1) is 15.4. The average Bonchev–Trinajstić information content (AvgIpc) is 3.09. The molecule has 4 rings (SSSR count). The van der Waals surface area contributed by atoms with Gasteiger partial charge in [0.25, 0.3) is 0 Å². The molecular weight excluding hydrogens is 296 g/mol. The lowest BCUT2D eigenvalue weighted by molar-refractivity contribution is -0.143. The van der Waals surface area contributed by atoms with Crippen molar-refractivity contribution in [3.63, 3.8) is 0 Å². The number of amides is 1. The Bertz CT molecular complexity index is 728. The zero-order valence-electron chi connectivity index (χ0n) is 14.2. The highest BCUT2D eigenvalue weighted by Gasteiger charge is 2.40. The van der Waals surface area contributed by atoms with Crippen LogP contribution in [-0.4, -0.2) is 40.9 Å². The second kappa shape index (κ2) is 6.40. The molecule has 0 aromatic heterocycles. The van der Waals surface area contributed by atoms with Gasteiger partial charge in [0, 0.05) is 25.7 Å². The fraction of sp³-hybridized carbons (Fsp3) is 0.381. The molecule has 2 aliphatic rings. The Morgan fingerprint density at radius 1 is 1.04 bits per heavy atom. The van der Waals surface area contributed by atoms with Gasteiger partial charge in [-0.25, -0.2) is 0 Å². The molecule has 0 unspecified atom stereocenters. The summed E-state index contributed by atoms with van der Waals surface area (Å²) in [7, 11) is 0. The van der Waals surface area contributed by atoms with E-state index in [1.807, 2.05) is 6.07 Å². The Labute approximate surface area is 143 Å². The van der Waals surface area contributed by atoms with E-state index < -0.39 is 0 Å². The molecular formula is C21H24N2O. The number of hydrogen-bond donors (Lipinski definition) is 0. The van der Waals surface area contributed by atoms with Crippen molar-refractivity contribution in [2.75, 3.05) is 13.1 Å². The van der Waals surface area contributed by atoms with E-state index in [1.54, 1.807) is 0 Å². The van der Waals surface area contributed by atoms with E-state index in [1.165, 1.54) is 16.7 Å². The zero-order chi connectivity index (χ0) is 16.5. The maximum Gasteiger partial charge on any atom is 0.239 e. The van der Waals surface area contributed by atoms with Crippen LogP contribution < -0.4 is 0 Å². The first-order valence-corrected chi connectivity index (χ1v) is 8.92. The van der Waals surface area contributed by atoms with Gasteiger partial charge in [-0.15, -0.1) is 0 Å². The van der Waals surface area contributed by atoms with Gasteiger partial charge >= 0.3 is 0 Å². The van der Waals surface area contributed by atoms with Crippen molar-refractivity contribution < 1.29 is 4.79 Å². The predicted molar refractivity (Wildman–Crippen MR) is 96.5 cm³/mol. The van der Waals surface area contributed by atoms with Crippen LogP contribution in [0.5, 0.6) is 0 Å². The first-order valence-electron chi connectivity index (χ1n) is 8.92. The average molecular weight is 320 g/mol. The van der Waals surface area contributed by atoms with E-state index in [-0.39, 0.29) is 6.04 Å². The van der Waals surface area contributed by atoms with E-state index in [0.29, 0.717) is 11.9 Å². The Morgan fingerprint density at radius 2 is 1.79 bits per heavy atom. The second-order valence-electron chi connectivity index (χ2n) is 6.96. The second-order valence-corrected chi connectivity index (χ2v) is 6.96. The van der Waals surface area contributed by atoms with Crippen molar-refractivity contribution in [2.45, 2.75) is 38.4 Å². The smallest absolute Gasteiger partial charge is 0.239 e. The van der Waals surface area contributed by atoms with Gasteiger partial charge in [0.2, 0.25) is 5.91 Å². The van der Waals surface area contributed by atoms with Crippen molar-refractivity contribution >= 4 is 5.91 Å². The molecule has 3 nitrogen and oxygen atoms in total. The van der Waals surface area contributed by atoms with E-state index in [4.69, 9.17) is 0 Å². The third kappa shape index (κ3) is 2.73. The van der Waals surface area contributed by atoms with Crippen LogP contribution in [0, 0.1) is 0 Å². The fourth-order valence-electron chi connectivity index (χ4n) is 4.12. The van der Waals surface area contributed by atoms with Gasteiger partial charge < -0.3 is 4.90 Å². The summed E-state index contributed by atoms with van der Waals surface area (Å²) >= 11 is 0. The lowest BCUT2D eigenvalue weighted by atomic mass is 9.98. The molecule has 1 amide bonds. The lowest BCUT2D eigenvalue weighted by Crippen LogP contribution is -2.58. The van der Waals surface area contributed by atoms with Crippen LogP contribution in [0.25, 0.3) is 11.1 Å². The topological polar surface area (TPSA) is 23.6 Å². The molecule has 2 fully saturated rings. The molecule has 0 bridgehead atoms. The minimum Gasteiger partial charge on any atom is -0.337 e. The molecule has 2 aromatic carbocycles. The SMILES string of the molecule is C[C@@H]1C(=O)N2CCC[C@H]2CN1Cc1ccccc1-c1ccccc1. The van der Waals surface area contributed by atoms with Crippen molar-refractivity contribution in [1.82, 2.24) is 9.80 Å². The van der Waals surface area contributed by atoms with Gasteiger partial charge in [0.15, 0.2) is 0 Å². The molecule has 2 heterocycles. The Morgan fingerprint density at radius 3 is 2.62 bits per heavy atom. The van der Waals surface area contributed by atoms with Crippen LogP contribution in [-0.2, 0) is 11.3 Å². The molecule has 0 aliphatic carbocycles. The molecule has 0 N–H and O–H groups in total. The molecule has 0 saturated carbocycles. The molecule has 2 atom stereocenters. The summed E-state index contributed by atoms with van der Waals surface area (Å²) in [6.07, 6.45) is 2.30. The normalized spacial score (nSPS) is 24.2. The van der Waals surface area contributed by atoms with E-state index in [9.17, 15) is 4.79 Å². The summed E-state index contributed by atoms with van der Waals surface area (Å²) in [6, 6.07) is 19.5. The van der Waals surface area contributed by atoms with Crippen molar-refractivity contribution in [3.8, 4) is 11.1 Å². The van der Waals surface area contributed by atoms with Gasteiger partial charge in [-0.1, -0.05) is 54.6 Å². The molecule has 2 aromatic rings. The summed E-state index contributed by atoms with van der Waals surface area (Å²) in [5, 5.41) is 0. The van der Waals surface area contributed by atoms with Crippen LogP contribution in [0.1, 0.15) is 25.3 Å². The van der Waals surface area contributed by atoms with Gasteiger partial charge in [-0.3, -0.25) is 9.69 Å². The Kier molecular flexibility index (Phi) is 4.11. The third-order valence-corrected chi connectivity index (χ3v) is 5.49. The summed E-state index contributed by atoms with van der Waals surface area (Å²) in [6.45, 7) is 4.84. The van der Waals surface area contributed by atoms with Gasteiger partial charge in [-0.2, -0.15) is 0 Å². The quantitative estimate of drug-likeness (QED) is 0.863. The molecule has 0 radical (unpaired) electrons. The van der Waals surface area contributed by atoms with Crippen LogP contribution in [0.4, 0.5) is 0 Å². The number of piperazine rings is 1. The van der Waals surface area contributed by atoms with Gasteiger partial charge in [0.1, 0.15) is 0 Å². The number of fused-ring (bicyclic) bond motifs is 1. The lowest BCUT2D eigenvalue weighted by Gasteiger charge is -2.41. The van der Waals surface area contributed by atoms with Crippen molar-refractivity contribution in [2.24, 2.45) is 0 Å². The summed E-state index contributed by atoms with van der Waals surface area (Å²) in [5.74, 6) is 0.306. The highest BCUT2D eigenvalue weighted by atomic mass is 16.2. The third-order valence-electron chi connectivity index (χ3n) is 5.49. The number of hydrogen-bond acceptors (Lipinski definition) is 2. The fourth-order valence-corrected chi connectivity index (χ4v) is 4.12. The number of carbonyl (C=O) groups is 1. The molecule has 24 heavy (non-hydrogen) atoms. The van der Waals surface area contributed by atoms with Crippen molar-refractivity contribution in [3.05, 3.63) is 60.2 Å². The Balaban J connectivity index is 1.61. The van der Waals surface area contributed by atoms with Crippen LogP contribution in [0.2, 0.25) is 0 Å². The van der Waals surface area contributed by atoms with E-state index >= 15 is 0 Å². The number of carbonyl (C=O) groups excluding carboxylic acids is 1. The zero-order valence-corrected chi connectivity index (χ0v) is 14.2. The van der Waals surface area contributed by atoms with Gasteiger partial charge in [0.05, 0.1) is 6.04 Å². The standard InChI is InChI=1S/C21H24N2O/c1-16-21(24)23-13-7-11-19(23)15-22(16)14-18-10-5-6-12-20(18)17-8-3-2-4-9-17/h2-6,8-10,12,16,19H,7,11,13-15H2,1H3/t16-,19+/m1/s1. The van der Waals surface area contributed by atoms with Crippen molar-refractivity contribution in [1.29, 1.82) is 0 Å². The minimum absolute atomic E-state index is 0.0248. The predicted octanol–water partition coefficient (Wildman–Crippen LogP) is 3.55. The molecule has 0 spiro atoms. The maximum atomic E-state index is 12.6. The molecule has 2 aliphatic heterocycles. The molecule has 2 saturated heterocycles. The van der Waals surface area contributed by atoms with Crippen LogP contribution in [0.3, 0.4) is 0 Å². The van der Waals surface area contributed by atoms with Crippen LogP contribution in [0.15, 0.2) is 54.6 Å². The van der Waals surface area contributed by atoms with E-state index in [2.05, 4.69) is 65.3 Å². The number of rotatable bonds is 3. The maximum absolute atomic E-state index is 12.6. The van der Waals surface area contributed by atoms with Gasteiger partial charge in [-0.05, 0) is 36.5 Å². The summed E-state index contributed by atoms with van der Waals surface area (Å²) in [4.78, 5) is 17.1. The minimum atomic E-state index is -0.0248. The number of benzene rings is 2. The van der Waals surface area contributed by atoms with Crippen LogP contribution >= 0.6 is 0 Å².